The molecule has 0 aliphatic rings. The van der Waals surface area contributed by atoms with Crippen LogP contribution in [0.2, 0.25) is 0 Å². The Morgan fingerprint density at radius 2 is 1.95 bits per heavy atom. The van der Waals surface area contributed by atoms with Gasteiger partial charge in [0, 0.05) is 5.97 Å². The number of aliphatic carboxylic acids is 1. The second-order valence-corrected chi connectivity index (χ2v) is 4.85. The van der Waals surface area contributed by atoms with Crippen LogP contribution in [-0.4, -0.2) is 17.2 Å². The average molecular weight is 279 g/mol. The molecule has 0 unspecified atom stereocenters. The Morgan fingerprint density at radius 1 is 1.15 bits per heavy atom. The fraction of sp³-hybridized carbons (Fsp3) is 0.588. The summed E-state index contributed by atoms with van der Waals surface area (Å²) in [5.41, 5.74) is 0. The lowest BCUT2D eigenvalue weighted by Crippen LogP contribution is -2.21. The number of aliphatic hydroxyl groups excluding tert-OH is 1. The number of carboxylic acids is 1. The number of carboxylic acid groups (broad SMARTS) is 1. The molecule has 1 atom stereocenters. The number of rotatable bonds is 12. The third-order valence-electron chi connectivity index (χ3n) is 2.87. The molecule has 114 valence electrons. The Labute approximate surface area is 122 Å². The topological polar surface area (TPSA) is 60.4 Å². The summed E-state index contributed by atoms with van der Waals surface area (Å²) in [6, 6.07) is 0. The largest absolute Gasteiger partial charge is 0.550 e. The molecule has 0 aromatic rings. The van der Waals surface area contributed by atoms with Gasteiger partial charge in [0.15, 0.2) is 0 Å². The van der Waals surface area contributed by atoms with Crippen molar-refractivity contribution in [1.29, 1.82) is 0 Å². The summed E-state index contributed by atoms with van der Waals surface area (Å²) in [6.45, 7) is 2.15. The van der Waals surface area contributed by atoms with Crippen molar-refractivity contribution in [3.63, 3.8) is 0 Å². The van der Waals surface area contributed by atoms with Gasteiger partial charge in [-0.05, 0) is 32.1 Å². The minimum Gasteiger partial charge on any atom is -0.550 e. The zero-order valence-corrected chi connectivity index (χ0v) is 12.5. The lowest BCUT2D eigenvalue weighted by molar-refractivity contribution is -0.305. The van der Waals surface area contributed by atoms with Crippen molar-refractivity contribution in [3.8, 4) is 0 Å². The van der Waals surface area contributed by atoms with Crippen molar-refractivity contribution in [2.45, 2.75) is 64.4 Å². The third kappa shape index (κ3) is 14.7. The van der Waals surface area contributed by atoms with Crippen LogP contribution in [0.1, 0.15) is 58.3 Å². The van der Waals surface area contributed by atoms with Crippen LogP contribution in [-0.2, 0) is 4.79 Å². The van der Waals surface area contributed by atoms with Gasteiger partial charge in [-0.1, -0.05) is 62.6 Å². The number of aliphatic hydroxyl groups is 1. The molecule has 0 amide bonds. The molecule has 0 saturated heterocycles. The maximum absolute atomic E-state index is 10.2. The van der Waals surface area contributed by atoms with Gasteiger partial charge in [0.05, 0.1) is 6.10 Å². The van der Waals surface area contributed by atoms with Gasteiger partial charge in [-0.3, -0.25) is 0 Å². The van der Waals surface area contributed by atoms with Gasteiger partial charge in [-0.25, -0.2) is 0 Å². The van der Waals surface area contributed by atoms with Crippen LogP contribution in [0.25, 0.3) is 0 Å². The molecule has 0 rings (SSSR count). The lowest BCUT2D eigenvalue weighted by atomic mass is 10.1. The highest BCUT2D eigenvalue weighted by molar-refractivity contribution is 5.64. The molecule has 0 aromatic carbocycles. The quantitative estimate of drug-likeness (QED) is 0.339. The number of hydrogen-bond donors (Lipinski definition) is 1. The van der Waals surface area contributed by atoms with E-state index in [0.717, 1.165) is 25.7 Å². The maximum Gasteiger partial charge on any atom is 0.0723 e. The number of unbranched alkanes of at least 4 members (excludes halogenated alkanes) is 3. The van der Waals surface area contributed by atoms with Gasteiger partial charge in [-0.15, -0.1) is 0 Å². The van der Waals surface area contributed by atoms with Crippen molar-refractivity contribution in [3.05, 3.63) is 36.5 Å². The van der Waals surface area contributed by atoms with E-state index in [0.29, 0.717) is 6.42 Å². The molecule has 0 bridgehead atoms. The molecular weight excluding hydrogens is 252 g/mol. The fourth-order valence-corrected chi connectivity index (χ4v) is 1.71. The Bertz CT molecular complexity index is 316. The molecule has 0 aromatic heterocycles. The second kappa shape index (κ2) is 14.1. The molecule has 0 saturated carbocycles. The van der Waals surface area contributed by atoms with Gasteiger partial charge in [0.2, 0.25) is 0 Å². The normalized spacial score (nSPS) is 13.7. The first-order valence-corrected chi connectivity index (χ1v) is 7.53. The number of carbonyl (C=O) groups is 1. The first-order chi connectivity index (χ1) is 9.66. The van der Waals surface area contributed by atoms with Crippen molar-refractivity contribution >= 4 is 5.97 Å². The summed E-state index contributed by atoms with van der Waals surface area (Å²) < 4.78 is 0. The fourth-order valence-electron chi connectivity index (χ4n) is 1.71. The van der Waals surface area contributed by atoms with E-state index in [4.69, 9.17) is 0 Å². The molecule has 3 nitrogen and oxygen atoms in total. The predicted molar refractivity (Wildman–Crippen MR) is 81.0 cm³/mol. The Kier molecular flexibility index (Phi) is 13.1. The molecule has 0 aliphatic carbocycles. The Morgan fingerprint density at radius 3 is 2.65 bits per heavy atom. The molecule has 20 heavy (non-hydrogen) atoms. The summed E-state index contributed by atoms with van der Waals surface area (Å²) in [4.78, 5) is 10.2. The lowest BCUT2D eigenvalue weighted by Gasteiger charge is -2.02. The van der Waals surface area contributed by atoms with Crippen LogP contribution in [0.5, 0.6) is 0 Å². The van der Waals surface area contributed by atoms with Gasteiger partial charge in [0.1, 0.15) is 0 Å². The molecule has 0 spiro atoms. The van der Waals surface area contributed by atoms with Gasteiger partial charge in [0.25, 0.3) is 0 Å². The van der Waals surface area contributed by atoms with Crippen molar-refractivity contribution < 1.29 is 15.0 Å². The van der Waals surface area contributed by atoms with Crippen LogP contribution in [0, 0.1) is 0 Å². The van der Waals surface area contributed by atoms with E-state index in [1.54, 1.807) is 0 Å². The van der Waals surface area contributed by atoms with E-state index in [2.05, 4.69) is 6.92 Å². The Hall–Kier alpha value is -1.35. The highest BCUT2D eigenvalue weighted by atomic mass is 16.4. The summed E-state index contributed by atoms with van der Waals surface area (Å²) in [5, 5.41) is 19.8. The summed E-state index contributed by atoms with van der Waals surface area (Å²) in [5.74, 6) is -0.985. The number of allylic oxidation sites excluding steroid dienone is 5. The maximum atomic E-state index is 10.2. The zero-order chi connectivity index (χ0) is 15.1. The van der Waals surface area contributed by atoms with Gasteiger partial charge in [-0.2, -0.15) is 0 Å². The zero-order valence-electron chi connectivity index (χ0n) is 12.5. The van der Waals surface area contributed by atoms with E-state index in [-0.39, 0.29) is 12.5 Å². The SMILES string of the molecule is CCCCC[C@H](O)/C=C/C=C/C/C=C\CCCC(=O)[O-]. The second-order valence-electron chi connectivity index (χ2n) is 4.85. The van der Waals surface area contributed by atoms with E-state index >= 15 is 0 Å². The average Bonchev–Trinajstić information content (AvgIpc) is 2.41. The van der Waals surface area contributed by atoms with Crippen LogP contribution >= 0.6 is 0 Å². The number of hydrogen-bond acceptors (Lipinski definition) is 3. The minimum absolute atomic E-state index is 0.124. The van der Waals surface area contributed by atoms with Crippen molar-refractivity contribution in [1.82, 2.24) is 0 Å². The van der Waals surface area contributed by atoms with Gasteiger partial charge >= 0.3 is 0 Å². The van der Waals surface area contributed by atoms with E-state index in [1.165, 1.54) is 12.8 Å². The smallest absolute Gasteiger partial charge is 0.0723 e. The van der Waals surface area contributed by atoms with Crippen molar-refractivity contribution in [2.75, 3.05) is 0 Å². The van der Waals surface area contributed by atoms with E-state index < -0.39 is 5.97 Å². The van der Waals surface area contributed by atoms with Crippen LogP contribution < -0.4 is 5.11 Å². The Balaban J connectivity index is 3.54. The third-order valence-corrected chi connectivity index (χ3v) is 2.87. The van der Waals surface area contributed by atoms with Crippen molar-refractivity contribution in [2.24, 2.45) is 0 Å². The van der Waals surface area contributed by atoms with E-state index in [9.17, 15) is 15.0 Å². The monoisotopic (exact) mass is 279 g/mol. The molecule has 0 fully saturated rings. The van der Waals surface area contributed by atoms with Gasteiger partial charge < -0.3 is 15.0 Å². The molecule has 0 heterocycles. The standard InChI is InChI=1S/C17H28O3/c1-2-3-10-13-16(18)14-11-8-6-4-5-7-9-12-15-17(19)20/h5-8,11,14,16,18H,2-4,9-10,12-13,15H2,1H3,(H,19,20)/p-1/b7-5-,8-6+,14-11+/t16-/m0/s1. The predicted octanol–water partition coefficient (Wildman–Crippen LogP) is 2.91. The van der Waals surface area contributed by atoms with Crippen LogP contribution in [0.3, 0.4) is 0 Å². The van der Waals surface area contributed by atoms with Crippen LogP contribution in [0.4, 0.5) is 0 Å². The number of carbonyl (C=O) groups excluding carboxylic acids is 1. The van der Waals surface area contributed by atoms with Crippen LogP contribution in [0.15, 0.2) is 36.5 Å². The summed E-state index contributed by atoms with van der Waals surface area (Å²) >= 11 is 0. The highest BCUT2D eigenvalue weighted by Gasteiger charge is 1.96. The molecule has 1 N–H and O–H groups in total. The van der Waals surface area contributed by atoms with E-state index in [1.807, 2.05) is 36.5 Å². The first kappa shape index (κ1) is 18.7. The summed E-state index contributed by atoms with van der Waals surface area (Å²) in [6.07, 6.45) is 17.9. The molecule has 0 radical (unpaired) electrons. The molecule has 3 heteroatoms. The molecular formula is C17H27O3-. The summed E-state index contributed by atoms with van der Waals surface area (Å²) in [7, 11) is 0. The highest BCUT2D eigenvalue weighted by Crippen LogP contribution is 2.04. The minimum atomic E-state index is -0.985. The molecule has 0 aliphatic heterocycles. The first-order valence-electron chi connectivity index (χ1n) is 7.53.